The van der Waals surface area contributed by atoms with Crippen LogP contribution in [0.1, 0.15) is 0 Å². The molecule has 0 N–H and O–H groups in total. The van der Waals surface area contributed by atoms with Gasteiger partial charge in [0, 0.05) is 20.9 Å². The molecule has 0 radical (unpaired) electrons. The minimum atomic E-state index is 1.29. The topological polar surface area (TPSA) is 0 Å². The maximum atomic E-state index is 2.27. The van der Waals surface area contributed by atoms with Crippen molar-refractivity contribution in [2.75, 3.05) is 0 Å². The Morgan fingerprint density at radius 3 is 1.18 bits per heavy atom. The molecule has 2 aromatic carbocycles. The van der Waals surface area contributed by atoms with Crippen LogP contribution >= 0.6 is 57.1 Å². The lowest BCUT2D eigenvalue weighted by Crippen LogP contribution is -1.89. The molecule has 6 aromatic rings. The van der Waals surface area contributed by atoms with E-state index in [9.17, 15) is 0 Å². The molecular weight excluding hydrogens is 497 g/mol. The van der Waals surface area contributed by atoms with Gasteiger partial charge in [0.15, 0.2) is 0 Å². The van der Waals surface area contributed by atoms with Gasteiger partial charge in [0.25, 0.3) is 0 Å². The number of hydrogen-bond donors (Lipinski definition) is 0. The molecule has 6 rings (SSSR count). The molecule has 0 saturated heterocycles. The van der Waals surface area contributed by atoms with Crippen LogP contribution < -0.4 is 0 Å². The van der Waals surface area contributed by atoms with Crippen molar-refractivity contribution < 1.29 is 0 Å². The van der Waals surface area contributed by atoms with Gasteiger partial charge >= 0.3 is 0 Å². The quantitative estimate of drug-likeness (QED) is 0.213. The fraction of sp³-hybridized carbons (Fsp3) is 0. The van der Waals surface area contributed by atoms with Crippen molar-refractivity contribution in [1.29, 1.82) is 0 Å². The molecule has 0 nitrogen and oxygen atoms in total. The van der Waals surface area contributed by atoms with Crippen LogP contribution in [-0.4, -0.2) is 0 Å². The van der Waals surface area contributed by atoms with Gasteiger partial charge in [-0.1, -0.05) is 36.0 Å². The first-order valence-corrected chi connectivity index (χ1v) is 15.0. The summed E-state index contributed by atoms with van der Waals surface area (Å²) < 4.78 is 0. The summed E-state index contributed by atoms with van der Waals surface area (Å²) >= 11 is 8.88. The molecule has 0 bridgehead atoms. The second-order valence-electron chi connectivity index (χ2n) is 7.51. The summed E-state index contributed by atoms with van der Waals surface area (Å²) in [7, 11) is 0. The van der Waals surface area contributed by atoms with E-state index >= 15 is 0 Å². The Morgan fingerprint density at radius 2 is 0.818 bits per heavy atom. The standard InChI is InChI=1S/C28H18S5/c1-3-23(19-7-11-29-15-19)27(21-9-13-31-17-21)25(5-1)33-26-6-2-4-24(20-8-12-30-16-20)28(26)22-10-14-32-18-22/h1-18H. The molecule has 5 heteroatoms. The maximum absolute atomic E-state index is 2.27. The van der Waals surface area contributed by atoms with E-state index in [-0.39, 0.29) is 0 Å². The highest BCUT2D eigenvalue weighted by atomic mass is 32.2. The van der Waals surface area contributed by atoms with E-state index in [1.807, 2.05) is 11.8 Å². The van der Waals surface area contributed by atoms with E-state index in [4.69, 9.17) is 0 Å². The van der Waals surface area contributed by atoms with Crippen molar-refractivity contribution in [3.8, 4) is 44.5 Å². The molecule has 0 aliphatic heterocycles. The van der Waals surface area contributed by atoms with E-state index in [1.165, 1.54) is 54.3 Å². The Bertz CT molecular complexity index is 1340. The molecule has 0 atom stereocenters. The fourth-order valence-corrected chi connectivity index (χ4v) is 7.87. The smallest absolute Gasteiger partial charge is 0.0207 e. The zero-order chi connectivity index (χ0) is 22.0. The zero-order valence-electron chi connectivity index (χ0n) is 17.4. The van der Waals surface area contributed by atoms with Gasteiger partial charge in [0.2, 0.25) is 0 Å². The normalized spacial score (nSPS) is 11.2. The summed E-state index contributed by atoms with van der Waals surface area (Å²) in [6.45, 7) is 0. The summed E-state index contributed by atoms with van der Waals surface area (Å²) in [5.74, 6) is 0. The lowest BCUT2D eigenvalue weighted by Gasteiger charge is -2.17. The largest absolute Gasteiger partial charge is 0.152 e. The number of rotatable bonds is 6. The summed E-state index contributed by atoms with van der Waals surface area (Å²) in [5, 5.41) is 17.7. The fourth-order valence-electron chi connectivity index (χ4n) is 4.08. The van der Waals surface area contributed by atoms with Crippen LogP contribution in [0.15, 0.2) is 113 Å². The van der Waals surface area contributed by atoms with Gasteiger partial charge < -0.3 is 0 Å². The predicted octanol–water partition coefficient (Wildman–Crippen LogP) is 10.8. The van der Waals surface area contributed by atoms with Gasteiger partial charge in [-0.2, -0.15) is 45.3 Å². The highest BCUT2D eigenvalue weighted by molar-refractivity contribution is 7.99. The average molecular weight is 515 g/mol. The summed E-state index contributed by atoms with van der Waals surface area (Å²) in [5.41, 5.74) is 10.4. The van der Waals surface area contributed by atoms with Crippen LogP contribution in [0.3, 0.4) is 0 Å². The molecule has 160 valence electrons. The van der Waals surface area contributed by atoms with Crippen LogP contribution in [0.4, 0.5) is 0 Å². The second-order valence-corrected chi connectivity index (χ2v) is 11.7. The Labute approximate surface area is 213 Å². The van der Waals surface area contributed by atoms with E-state index in [0.29, 0.717) is 0 Å². The molecule has 0 fully saturated rings. The Hall–Kier alpha value is -2.41. The summed E-state index contributed by atoms with van der Waals surface area (Å²) in [6, 6.07) is 22.3. The van der Waals surface area contributed by atoms with E-state index in [2.05, 4.69) is 104 Å². The lowest BCUT2D eigenvalue weighted by atomic mass is 9.98. The molecule has 4 aromatic heterocycles. The first kappa shape index (κ1) is 21.1. The Balaban J connectivity index is 1.54. The van der Waals surface area contributed by atoms with Gasteiger partial charge in [0.1, 0.15) is 0 Å². The molecule has 0 unspecified atom stereocenters. The molecule has 0 aliphatic rings. The van der Waals surface area contributed by atoms with Crippen molar-refractivity contribution in [2.24, 2.45) is 0 Å². The first-order chi connectivity index (χ1) is 16.4. The number of benzene rings is 2. The molecule has 0 amide bonds. The van der Waals surface area contributed by atoms with Gasteiger partial charge in [-0.15, -0.1) is 0 Å². The average Bonchev–Trinajstić information content (AvgIpc) is 3.67. The van der Waals surface area contributed by atoms with Crippen LogP contribution in [-0.2, 0) is 0 Å². The van der Waals surface area contributed by atoms with E-state index in [1.54, 1.807) is 45.3 Å². The maximum Gasteiger partial charge on any atom is 0.0207 e. The van der Waals surface area contributed by atoms with Crippen molar-refractivity contribution in [1.82, 2.24) is 0 Å². The second kappa shape index (κ2) is 9.45. The zero-order valence-corrected chi connectivity index (χ0v) is 21.5. The molecular formula is C28H18S5. The number of hydrogen-bond acceptors (Lipinski definition) is 5. The SMILES string of the molecule is c1cc(Sc2cccc(-c3ccsc3)c2-c2ccsc2)c(-c2ccsc2)c(-c2ccsc2)c1. The van der Waals surface area contributed by atoms with Gasteiger partial charge in [-0.25, -0.2) is 0 Å². The van der Waals surface area contributed by atoms with Crippen molar-refractivity contribution in [3.05, 3.63) is 104 Å². The summed E-state index contributed by atoms with van der Waals surface area (Å²) in [4.78, 5) is 2.58. The molecule has 33 heavy (non-hydrogen) atoms. The molecule has 0 aliphatic carbocycles. The van der Waals surface area contributed by atoms with Crippen LogP contribution in [0.5, 0.6) is 0 Å². The third kappa shape index (κ3) is 4.16. The lowest BCUT2D eigenvalue weighted by molar-refractivity contribution is 1.40. The monoisotopic (exact) mass is 514 g/mol. The van der Waals surface area contributed by atoms with Crippen molar-refractivity contribution >= 4 is 57.1 Å². The first-order valence-electron chi connectivity index (χ1n) is 10.4. The Morgan fingerprint density at radius 1 is 0.424 bits per heavy atom. The molecule has 4 heterocycles. The highest BCUT2D eigenvalue weighted by Crippen LogP contribution is 2.47. The van der Waals surface area contributed by atoms with E-state index < -0.39 is 0 Å². The minimum Gasteiger partial charge on any atom is -0.152 e. The van der Waals surface area contributed by atoms with Gasteiger partial charge in [-0.05, 0) is 113 Å². The highest BCUT2D eigenvalue weighted by Gasteiger charge is 2.18. The predicted molar refractivity (Wildman–Crippen MR) is 150 cm³/mol. The third-order valence-corrected chi connectivity index (χ3v) is 9.41. The van der Waals surface area contributed by atoms with Crippen LogP contribution in [0.2, 0.25) is 0 Å². The van der Waals surface area contributed by atoms with Crippen molar-refractivity contribution in [2.45, 2.75) is 9.79 Å². The van der Waals surface area contributed by atoms with Crippen LogP contribution in [0, 0.1) is 0 Å². The van der Waals surface area contributed by atoms with Gasteiger partial charge in [0.05, 0.1) is 0 Å². The Kier molecular flexibility index (Phi) is 6.06. The van der Waals surface area contributed by atoms with E-state index in [0.717, 1.165) is 0 Å². The molecule has 0 spiro atoms. The molecule has 0 saturated carbocycles. The van der Waals surface area contributed by atoms with Gasteiger partial charge in [-0.3, -0.25) is 0 Å². The van der Waals surface area contributed by atoms with Crippen molar-refractivity contribution in [3.63, 3.8) is 0 Å². The van der Waals surface area contributed by atoms with Crippen LogP contribution in [0.25, 0.3) is 44.5 Å². The third-order valence-electron chi connectivity index (χ3n) is 5.56. The number of thiophene rings is 4. The summed E-state index contributed by atoms with van der Waals surface area (Å²) in [6.07, 6.45) is 0. The minimum absolute atomic E-state index is 1.29.